The second-order valence-electron chi connectivity index (χ2n) is 11.9. The Balaban J connectivity index is 1.59. The summed E-state index contributed by atoms with van der Waals surface area (Å²) in [7, 11) is -0.386. The van der Waals surface area contributed by atoms with E-state index in [1.54, 1.807) is 0 Å². The van der Waals surface area contributed by atoms with Crippen molar-refractivity contribution >= 4 is 18.7 Å². The molecule has 3 aliphatic heterocycles. The molecule has 1 amide bonds. The van der Waals surface area contributed by atoms with Gasteiger partial charge >= 0.3 is 13.2 Å². The number of carboxylic acid groups (broad SMARTS) is 1. The van der Waals surface area contributed by atoms with Crippen molar-refractivity contribution in [2.75, 3.05) is 13.1 Å². The van der Waals surface area contributed by atoms with Gasteiger partial charge in [-0.2, -0.15) is 0 Å². The summed E-state index contributed by atoms with van der Waals surface area (Å²) in [5.41, 5.74) is 1.25. The predicted octanol–water partition coefficient (Wildman–Crippen LogP) is 4.42. The second kappa shape index (κ2) is 7.74. The van der Waals surface area contributed by atoms with Gasteiger partial charge in [0.2, 0.25) is 0 Å². The highest BCUT2D eigenvalue weighted by molar-refractivity contribution is 6.62. The van der Waals surface area contributed by atoms with Crippen LogP contribution in [0.1, 0.15) is 79.2 Å². The fourth-order valence-corrected chi connectivity index (χ4v) is 5.32. The second-order valence-corrected chi connectivity index (χ2v) is 11.9. The molecule has 0 bridgehead atoms. The molecule has 176 valence electrons. The van der Waals surface area contributed by atoms with Crippen molar-refractivity contribution < 1.29 is 23.9 Å². The Morgan fingerprint density at radius 1 is 1.09 bits per heavy atom. The van der Waals surface area contributed by atoms with Gasteiger partial charge in [-0.1, -0.05) is 45.0 Å². The molecule has 32 heavy (non-hydrogen) atoms. The van der Waals surface area contributed by atoms with Gasteiger partial charge in [0.25, 0.3) is 0 Å². The number of hydrogen-bond acceptors (Lipinski definition) is 4. The van der Waals surface area contributed by atoms with E-state index in [1.807, 2.05) is 0 Å². The number of piperidine rings is 1. The highest BCUT2D eigenvalue weighted by Gasteiger charge is 2.53. The molecular formula is C25H38BNO5. The number of hydrogen-bond donors (Lipinski definition) is 1. The Kier molecular flexibility index (Phi) is 5.71. The van der Waals surface area contributed by atoms with E-state index >= 15 is 0 Å². The smallest absolute Gasteiger partial charge is 0.465 e. The summed E-state index contributed by atoms with van der Waals surface area (Å²) in [6, 6.07) is 8.58. The number of rotatable bonds is 2. The maximum atomic E-state index is 11.4. The molecule has 0 aromatic heterocycles. The van der Waals surface area contributed by atoms with E-state index in [2.05, 4.69) is 72.7 Å². The maximum Gasteiger partial charge on any atom is 0.494 e. The van der Waals surface area contributed by atoms with E-state index in [0.29, 0.717) is 13.1 Å². The Labute approximate surface area is 192 Å². The van der Waals surface area contributed by atoms with E-state index < -0.39 is 6.09 Å². The third-order valence-electron chi connectivity index (χ3n) is 8.00. The molecule has 1 spiro atoms. The van der Waals surface area contributed by atoms with Crippen molar-refractivity contribution in [3.8, 4) is 0 Å². The molecule has 0 aliphatic carbocycles. The molecule has 3 fully saturated rings. The molecule has 1 N–H and O–H groups in total. The highest BCUT2D eigenvalue weighted by Crippen LogP contribution is 2.51. The molecule has 1 unspecified atom stereocenters. The summed E-state index contributed by atoms with van der Waals surface area (Å²) in [5, 5.41) is 9.35. The van der Waals surface area contributed by atoms with Crippen LogP contribution in [0.4, 0.5) is 4.79 Å². The third kappa shape index (κ3) is 4.19. The van der Waals surface area contributed by atoms with Gasteiger partial charge in [-0.25, -0.2) is 4.79 Å². The molecule has 1 aromatic carbocycles. The molecule has 0 saturated carbocycles. The van der Waals surface area contributed by atoms with Gasteiger partial charge in [0, 0.05) is 19.0 Å². The van der Waals surface area contributed by atoms with Gasteiger partial charge in [-0.3, -0.25) is 0 Å². The van der Waals surface area contributed by atoms with Crippen molar-refractivity contribution in [1.82, 2.24) is 4.90 Å². The fourth-order valence-electron chi connectivity index (χ4n) is 5.32. The summed E-state index contributed by atoms with van der Waals surface area (Å²) in [6.45, 7) is 16.1. The zero-order valence-electron chi connectivity index (χ0n) is 20.6. The van der Waals surface area contributed by atoms with Crippen molar-refractivity contribution in [3.63, 3.8) is 0 Å². The van der Waals surface area contributed by atoms with E-state index in [9.17, 15) is 9.90 Å². The monoisotopic (exact) mass is 443 g/mol. The summed E-state index contributed by atoms with van der Waals surface area (Å²) < 4.78 is 19.4. The Morgan fingerprint density at radius 2 is 1.69 bits per heavy atom. The molecule has 3 heterocycles. The number of nitrogens with zero attached hydrogens (tertiary/aromatic N) is 1. The third-order valence-corrected chi connectivity index (χ3v) is 8.00. The van der Waals surface area contributed by atoms with Crippen LogP contribution in [0.15, 0.2) is 24.3 Å². The lowest BCUT2D eigenvalue weighted by Crippen LogP contribution is -2.46. The number of amides is 1. The first kappa shape index (κ1) is 23.6. The molecular weight excluding hydrogens is 405 g/mol. The minimum absolute atomic E-state index is 0.0293. The van der Waals surface area contributed by atoms with Gasteiger partial charge in [-0.15, -0.1) is 0 Å². The van der Waals surface area contributed by atoms with Crippen LogP contribution < -0.4 is 5.46 Å². The highest BCUT2D eigenvalue weighted by atomic mass is 16.7. The lowest BCUT2D eigenvalue weighted by molar-refractivity contribution is -0.105. The average Bonchev–Trinajstić information content (AvgIpc) is 3.17. The molecule has 2 atom stereocenters. The number of likely N-dealkylation sites (tertiary alicyclic amines) is 1. The van der Waals surface area contributed by atoms with Crippen LogP contribution in [-0.2, 0) is 14.0 Å². The Morgan fingerprint density at radius 3 is 2.22 bits per heavy atom. The number of benzene rings is 1. The van der Waals surface area contributed by atoms with Crippen molar-refractivity contribution in [2.24, 2.45) is 5.41 Å². The van der Waals surface area contributed by atoms with Crippen LogP contribution in [-0.4, -0.2) is 59.2 Å². The van der Waals surface area contributed by atoms with Gasteiger partial charge < -0.3 is 24.1 Å². The lowest BCUT2D eigenvalue weighted by atomic mass is 9.72. The summed E-state index contributed by atoms with van der Waals surface area (Å²) in [6.07, 6.45) is 1.64. The van der Waals surface area contributed by atoms with E-state index in [4.69, 9.17) is 14.0 Å². The number of ether oxygens (including phenoxy) is 1. The van der Waals surface area contributed by atoms with Crippen LogP contribution in [0.25, 0.3) is 0 Å². The lowest BCUT2D eigenvalue weighted by Gasteiger charge is -2.39. The zero-order chi connectivity index (χ0) is 23.5. The maximum absolute atomic E-state index is 11.4. The standard InChI is InChI=1S/C25H38BNO5/c1-22(2,3)20-19(16-25(30-20)11-13-27(14-12-25)21(28)29)17-9-8-10-18(15-17)26-31-23(4,5)24(6,7)32-26/h8-10,15,19-20H,11-14,16H2,1-7H3,(H,28,29)/t19-,20?/m1/s1. The summed E-state index contributed by atoms with van der Waals surface area (Å²) >= 11 is 0. The largest absolute Gasteiger partial charge is 0.494 e. The first-order valence-electron chi connectivity index (χ1n) is 11.8. The molecule has 3 aliphatic rings. The SMILES string of the molecule is CC(C)(C)C1OC2(CCN(C(=O)O)CC2)C[C@@H]1c1cccc(B2OC(C)(C)C(C)(C)O2)c1. The number of carbonyl (C=O) groups is 1. The van der Waals surface area contributed by atoms with Crippen molar-refractivity contribution in [1.29, 1.82) is 0 Å². The van der Waals surface area contributed by atoms with Crippen molar-refractivity contribution in [2.45, 2.75) is 96.6 Å². The first-order valence-corrected chi connectivity index (χ1v) is 11.8. The molecule has 1 aromatic rings. The van der Waals surface area contributed by atoms with Gasteiger partial charge in [0.05, 0.1) is 22.9 Å². The minimum Gasteiger partial charge on any atom is -0.465 e. The predicted molar refractivity (Wildman–Crippen MR) is 125 cm³/mol. The molecule has 7 heteroatoms. The summed E-state index contributed by atoms with van der Waals surface area (Å²) in [4.78, 5) is 12.9. The quantitative estimate of drug-likeness (QED) is 0.686. The van der Waals surface area contributed by atoms with Crippen LogP contribution in [0.5, 0.6) is 0 Å². The van der Waals surface area contributed by atoms with Crippen molar-refractivity contribution in [3.05, 3.63) is 29.8 Å². The van der Waals surface area contributed by atoms with Crippen LogP contribution >= 0.6 is 0 Å². The average molecular weight is 443 g/mol. The van der Waals surface area contributed by atoms with Gasteiger partial charge in [-0.05, 0) is 63.4 Å². The van der Waals surface area contributed by atoms with Gasteiger partial charge in [0.15, 0.2) is 0 Å². The molecule has 6 nitrogen and oxygen atoms in total. The minimum atomic E-state index is -0.836. The van der Waals surface area contributed by atoms with E-state index in [-0.39, 0.29) is 41.4 Å². The van der Waals surface area contributed by atoms with Crippen LogP contribution in [0.2, 0.25) is 0 Å². The normalized spacial score (nSPS) is 29.0. The molecule has 3 saturated heterocycles. The molecule has 4 rings (SSSR count). The Hall–Kier alpha value is -1.57. The van der Waals surface area contributed by atoms with Crippen LogP contribution in [0.3, 0.4) is 0 Å². The Bertz CT molecular complexity index is 853. The van der Waals surface area contributed by atoms with Crippen LogP contribution in [0, 0.1) is 5.41 Å². The van der Waals surface area contributed by atoms with E-state index in [1.165, 1.54) is 10.5 Å². The molecule has 0 radical (unpaired) electrons. The topological polar surface area (TPSA) is 68.2 Å². The van der Waals surface area contributed by atoms with E-state index in [0.717, 1.165) is 24.7 Å². The summed E-state index contributed by atoms with van der Waals surface area (Å²) in [5.74, 6) is 0.244. The van der Waals surface area contributed by atoms with Gasteiger partial charge in [0.1, 0.15) is 0 Å². The fraction of sp³-hybridized carbons (Fsp3) is 0.720. The first-order chi connectivity index (χ1) is 14.7. The zero-order valence-corrected chi connectivity index (χ0v) is 20.6.